The molecule has 0 saturated carbocycles. The molecular weight excluding hydrogens is 351 g/mol. The molecule has 0 unspecified atom stereocenters. The fourth-order valence-electron chi connectivity index (χ4n) is 3.29. The number of carbonyl (C=O) groups excluding carboxylic acids is 1. The van der Waals surface area contributed by atoms with Crippen molar-refractivity contribution < 1.29 is 13.9 Å². The number of carbonyl (C=O) groups is 1. The van der Waals surface area contributed by atoms with Crippen LogP contribution in [0.25, 0.3) is 22.4 Å². The van der Waals surface area contributed by atoms with Gasteiger partial charge in [0.2, 0.25) is 0 Å². The molecule has 1 aromatic carbocycles. The molecule has 4 rings (SSSR count). The maximum absolute atomic E-state index is 13.4. The van der Waals surface area contributed by atoms with Gasteiger partial charge in [0.15, 0.2) is 0 Å². The number of esters is 1. The topological polar surface area (TPSA) is 44.1 Å². The number of benzene rings is 1. The van der Waals surface area contributed by atoms with E-state index in [-0.39, 0.29) is 11.8 Å². The van der Waals surface area contributed by atoms with Gasteiger partial charge in [-0.2, -0.15) is 0 Å². The number of fused-ring (bicyclic) bond motifs is 1. The van der Waals surface area contributed by atoms with Gasteiger partial charge in [0.25, 0.3) is 0 Å². The molecule has 132 valence electrons. The highest BCUT2D eigenvalue weighted by Gasteiger charge is 2.32. The maximum Gasteiger partial charge on any atom is 0.341 e. The molecule has 2 aromatic heterocycles. The van der Waals surface area contributed by atoms with Crippen LogP contribution in [0.2, 0.25) is 0 Å². The summed E-state index contributed by atoms with van der Waals surface area (Å²) in [5.74, 6) is 0.283. The predicted molar refractivity (Wildman–Crippen MR) is 99.7 cm³/mol. The van der Waals surface area contributed by atoms with E-state index in [0.717, 1.165) is 39.7 Å². The van der Waals surface area contributed by atoms with Gasteiger partial charge in [-0.3, -0.25) is 4.98 Å². The summed E-state index contributed by atoms with van der Waals surface area (Å²) in [4.78, 5) is 16.9. The monoisotopic (exact) mass is 368 g/mol. The number of pyridine rings is 1. The van der Waals surface area contributed by atoms with E-state index in [1.807, 2.05) is 12.1 Å². The summed E-state index contributed by atoms with van der Waals surface area (Å²) in [5, 5.41) is 0.912. The molecule has 4 nitrogen and oxygen atoms in total. The van der Waals surface area contributed by atoms with Crippen molar-refractivity contribution in [2.75, 3.05) is 12.4 Å². The third-order valence-electron chi connectivity index (χ3n) is 4.34. The van der Waals surface area contributed by atoms with Gasteiger partial charge in [-0.05, 0) is 54.4 Å². The number of ether oxygens (including phenoxy) is 1. The molecule has 0 N–H and O–H groups in total. The summed E-state index contributed by atoms with van der Waals surface area (Å²) >= 11 is 1.65. The lowest BCUT2D eigenvalue weighted by Crippen LogP contribution is -2.06. The molecule has 3 aromatic rings. The number of rotatable bonds is 4. The molecule has 0 bridgehead atoms. The minimum Gasteiger partial charge on any atom is -0.462 e. The van der Waals surface area contributed by atoms with E-state index in [0.29, 0.717) is 12.2 Å². The van der Waals surface area contributed by atoms with Crippen molar-refractivity contribution in [3.05, 3.63) is 60.2 Å². The summed E-state index contributed by atoms with van der Waals surface area (Å²) in [5.41, 5.74) is 4.08. The van der Waals surface area contributed by atoms with Gasteiger partial charge in [-0.15, -0.1) is 11.8 Å². The fraction of sp³-hybridized carbons (Fsp3) is 0.200. The molecule has 0 saturated heterocycles. The zero-order valence-corrected chi connectivity index (χ0v) is 15.1. The Labute approximate surface area is 155 Å². The normalized spacial score (nSPS) is 12.8. The van der Waals surface area contributed by atoms with E-state index in [1.54, 1.807) is 43.2 Å². The Balaban J connectivity index is 2.02. The Morgan fingerprint density at radius 1 is 1.19 bits per heavy atom. The van der Waals surface area contributed by atoms with Gasteiger partial charge < -0.3 is 9.30 Å². The molecule has 0 aliphatic carbocycles. The second kappa shape index (κ2) is 6.96. The molecule has 6 heteroatoms. The highest BCUT2D eigenvalue weighted by Crippen LogP contribution is 2.45. The number of hydrogen-bond donors (Lipinski definition) is 0. The quantitative estimate of drug-likeness (QED) is 0.630. The first kappa shape index (κ1) is 16.8. The first-order valence-electron chi connectivity index (χ1n) is 8.43. The molecule has 0 fully saturated rings. The van der Waals surface area contributed by atoms with Crippen molar-refractivity contribution in [3.63, 3.8) is 0 Å². The number of halogens is 1. The molecule has 0 radical (unpaired) electrons. The highest BCUT2D eigenvalue weighted by atomic mass is 32.2. The summed E-state index contributed by atoms with van der Waals surface area (Å²) in [6, 6.07) is 10.1. The summed E-state index contributed by atoms with van der Waals surface area (Å²) in [6.45, 7) is 2.91. The molecule has 1 aliphatic rings. The Hall–Kier alpha value is -2.60. The van der Waals surface area contributed by atoms with E-state index in [4.69, 9.17) is 4.74 Å². The Morgan fingerprint density at radius 2 is 1.92 bits per heavy atom. The highest BCUT2D eigenvalue weighted by molar-refractivity contribution is 7.99. The Morgan fingerprint density at radius 3 is 2.62 bits per heavy atom. The number of thioether (sulfide) groups is 1. The number of hydrogen-bond acceptors (Lipinski definition) is 4. The van der Waals surface area contributed by atoms with E-state index in [1.165, 1.54) is 12.1 Å². The number of nitrogens with zero attached hydrogens (tertiary/aromatic N) is 2. The van der Waals surface area contributed by atoms with E-state index < -0.39 is 0 Å². The van der Waals surface area contributed by atoms with E-state index >= 15 is 0 Å². The number of aromatic nitrogens is 2. The lowest BCUT2D eigenvalue weighted by Gasteiger charge is -2.11. The minimum atomic E-state index is -0.328. The van der Waals surface area contributed by atoms with Crippen molar-refractivity contribution in [1.29, 1.82) is 0 Å². The molecule has 0 amide bonds. The van der Waals surface area contributed by atoms with Gasteiger partial charge in [0, 0.05) is 30.3 Å². The molecule has 0 spiro atoms. The third-order valence-corrected chi connectivity index (χ3v) is 5.42. The van der Waals surface area contributed by atoms with Crippen LogP contribution in [-0.2, 0) is 11.3 Å². The third kappa shape index (κ3) is 2.80. The van der Waals surface area contributed by atoms with E-state index in [9.17, 15) is 9.18 Å². The van der Waals surface area contributed by atoms with Gasteiger partial charge in [-0.1, -0.05) is 0 Å². The lowest BCUT2D eigenvalue weighted by atomic mass is 9.98. The SMILES string of the molecule is CCOC(=O)c1c(-c2ccncc2)c(-c2ccc(F)cc2)n2c1SCC2. The Bertz CT molecular complexity index is 952. The van der Waals surface area contributed by atoms with Crippen LogP contribution in [0.3, 0.4) is 0 Å². The smallest absolute Gasteiger partial charge is 0.341 e. The van der Waals surface area contributed by atoms with Crippen LogP contribution < -0.4 is 0 Å². The maximum atomic E-state index is 13.4. The molecular formula is C20H17FN2O2S. The fourth-order valence-corrected chi connectivity index (χ4v) is 4.43. The van der Waals surface area contributed by atoms with Crippen molar-refractivity contribution in [2.45, 2.75) is 18.5 Å². The van der Waals surface area contributed by atoms with Crippen LogP contribution in [0.5, 0.6) is 0 Å². The average molecular weight is 368 g/mol. The van der Waals surface area contributed by atoms with Crippen molar-refractivity contribution in [1.82, 2.24) is 9.55 Å². The van der Waals surface area contributed by atoms with E-state index in [2.05, 4.69) is 9.55 Å². The molecule has 26 heavy (non-hydrogen) atoms. The van der Waals surface area contributed by atoms with Crippen LogP contribution in [0.4, 0.5) is 4.39 Å². The van der Waals surface area contributed by atoms with Gasteiger partial charge >= 0.3 is 5.97 Å². The zero-order valence-electron chi connectivity index (χ0n) is 14.2. The standard InChI is InChI=1S/C20H17FN2O2S/c1-2-25-20(24)17-16(13-7-9-22-10-8-13)18(23-11-12-26-19(17)23)14-3-5-15(21)6-4-14/h3-10H,2,11-12H2,1H3. The van der Waals surface area contributed by atoms with Crippen LogP contribution >= 0.6 is 11.8 Å². The first-order valence-corrected chi connectivity index (χ1v) is 9.42. The average Bonchev–Trinajstić information content (AvgIpc) is 3.23. The minimum absolute atomic E-state index is 0.285. The lowest BCUT2D eigenvalue weighted by molar-refractivity contribution is 0.0523. The molecule has 1 aliphatic heterocycles. The second-order valence-electron chi connectivity index (χ2n) is 5.87. The van der Waals surface area contributed by atoms with Gasteiger partial charge in [0.05, 0.1) is 22.9 Å². The van der Waals surface area contributed by atoms with Crippen molar-refractivity contribution in [3.8, 4) is 22.4 Å². The van der Waals surface area contributed by atoms with Crippen LogP contribution in [0, 0.1) is 5.82 Å². The van der Waals surface area contributed by atoms with Gasteiger partial charge in [0.1, 0.15) is 5.82 Å². The summed E-state index contributed by atoms with van der Waals surface area (Å²) in [6.07, 6.45) is 3.41. The van der Waals surface area contributed by atoms with Crippen LogP contribution in [0.1, 0.15) is 17.3 Å². The van der Waals surface area contributed by atoms with Crippen molar-refractivity contribution >= 4 is 17.7 Å². The van der Waals surface area contributed by atoms with Crippen LogP contribution in [-0.4, -0.2) is 27.9 Å². The van der Waals surface area contributed by atoms with Crippen LogP contribution in [0.15, 0.2) is 53.8 Å². The summed E-state index contributed by atoms with van der Waals surface area (Å²) < 4.78 is 20.9. The zero-order chi connectivity index (χ0) is 18.1. The molecule has 3 heterocycles. The Kier molecular flexibility index (Phi) is 4.51. The largest absolute Gasteiger partial charge is 0.462 e. The van der Waals surface area contributed by atoms with Gasteiger partial charge in [-0.25, -0.2) is 9.18 Å². The second-order valence-corrected chi connectivity index (χ2v) is 6.95. The molecule has 0 atom stereocenters. The summed E-state index contributed by atoms with van der Waals surface area (Å²) in [7, 11) is 0. The van der Waals surface area contributed by atoms with Crippen molar-refractivity contribution in [2.24, 2.45) is 0 Å². The predicted octanol–water partition coefficient (Wildman–Crippen LogP) is 4.64. The first-order chi connectivity index (χ1) is 12.7.